The maximum Gasteiger partial charge on any atom is 0.295 e. The Morgan fingerprint density at radius 2 is 2.35 bits per heavy atom. The number of aromatic nitrogens is 3. The average molecular weight is 271 g/mol. The van der Waals surface area contributed by atoms with Crippen molar-refractivity contribution in [1.82, 2.24) is 15.2 Å². The number of benzene rings is 1. The third-order valence-electron chi connectivity index (χ3n) is 2.65. The summed E-state index contributed by atoms with van der Waals surface area (Å²) in [5.74, 6) is 0.669. The van der Waals surface area contributed by atoms with Gasteiger partial charge in [0.05, 0.1) is 24.4 Å². The predicted octanol–water partition coefficient (Wildman–Crippen LogP) is 1.50. The number of anilines is 1. The lowest BCUT2D eigenvalue weighted by molar-refractivity contribution is 0.101. The van der Waals surface area contributed by atoms with Crippen molar-refractivity contribution in [2.24, 2.45) is 0 Å². The summed E-state index contributed by atoms with van der Waals surface area (Å²) in [5, 5.41) is 18.0. The summed E-state index contributed by atoms with van der Waals surface area (Å²) >= 11 is 0. The van der Waals surface area contributed by atoms with Gasteiger partial charge >= 0.3 is 0 Å². The first-order chi connectivity index (χ1) is 9.67. The number of nitrogens with one attached hydrogen (secondary N) is 2. The van der Waals surface area contributed by atoms with E-state index in [9.17, 15) is 4.79 Å². The predicted molar refractivity (Wildman–Crippen MR) is 71.4 cm³/mol. The summed E-state index contributed by atoms with van der Waals surface area (Å²) in [6.07, 6.45) is 0.667. The van der Waals surface area contributed by atoms with Gasteiger partial charge in [0, 0.05) is 12.5 Å². The molecule has 0 aliphatic carbocycles. The van der Waals surface area contributed by atoms with Gasteiger partial charge in [0.15, 0.2) is 0 Å². The summed E-state index contributed by atoms with van der Waals surface area (Å²) in [6.45, 7) is 1.91. The van der Waals surface area contributed by atoms with E-state index in [0.29, 0.717) is 29.2 Å². The van der Waals surface area contributed by atoms with Crippen molar-refractivity contribution in [2.75, 3.05) is 12.4 Å². The second-order valence-electron chi connectivity index (χ2n) is 3.94. The van der Waals surface area contributed by atoms with Crippen molar-refractivity contribution in [3.05, 3.63) is 35.4 Å². The van der Waals surface area contributed by atoms with Gasteiger partial charge in [-0.25, -0.2) is 4.98 Å². The zero-order chi connectivity index (χ0) is 14.5. The van der Waals surface area contributed by atoms with Crippen molar-refractivity contribution in [2.45, 2.75) is 13.3 Å². The molecule has 2 N–H and O–H groups in total. The van der Waals surface area contributed by atoms with Gasteiger partial charge in [-0.1, -0.05) is 6.92 Å². The fraction of sp³-hybridized carbons (Fsp3) is 0.231. The number of amides is 1. The lowest BCUT2D eigenvalue weighted by Crippen LogP contribution is -2.14. The molecule has 1 heterocycles. The minimum absolute atomic E-state index is 0.0632. The van der Waals surface area contributed by atoms with E-state index < -0.39 is 5.91 Å². The highest BCUT2D eigenvalue weighted by atomic mass is 16.5. The Morgan fingerprint density at radius 1 is 1.55 bits per heavy atom. The zero-order valence-electron chi connectivity index (χ0n) is 11.1. The summed E-state index contributed by atoms with van der Waals surface area (Å²) in [7, 11) is 1.47. The van der Waals surface area contributed by atoms with E-state index in [1.807, 2.05) is 13.0 Å². The molecule has 7 nitrogen and oxygen atoms in total. The highest BCUT2D eigenvalue weighted by Gasteiger charge is 2.14. The molecular formula is C13H13N5O2. The minimum atomic E-state index is -0.441. The molecule has 0 aliphatic rings. The van der Waals surface area contributed by atoms with E-state index in [4.69, 9.17) is 10.00 Å². The molecule has 102 valence electrons. The Bertz CT molecular complexity index is 672. The minimum Gasteiger partial charge on any atom is -0.495 e. The highest BCUT2D eigenvalue weighted by Crippen LogP contribution is 2.25. The Morgan fingerprint density at radius 3 is 2.95 bits per heavy atom. The van der Waals surface area contributed by atoms with Gasteiger partial charge in [0.2, 0.25) is 5.82 Å². The van der Waals surface area contributed by atoms with Crippen LogP contribution in [0.2, 0.25) is 0 Å². The average Bonchev–Trinajstić information content (AvgIpc) is 2.96. The number of rotatable bonds is 4. The van der Waals surface area contributed by atoms with Crippen LogP contribution < -0.4 is 10.1 Å². The first-order valence-corrected chi connectivity index (χ1v) is 5.98. The van der Waals surface area contributed by atoms with E-state index in [-0.39, 0.29) is 5.82 Å². The summed E-state index contributed by atoms with van der Waals surface area (Å²) in [6, 6.07) is 6.74. The van der Waals surface area contributed by atoms with Crippen LogP contribution in [0.1, 0.15) is 28.9 Å². The van der Waals surface area contributed by atoms with Crippen molar-refractivity contribution in [3.8, 4) is 11.8 Å². The maximum absolute atomic E-state index is 12.0. The molecule has 1 aromatic heterocycles. The number of nitrogens with zero attached hydrogens (tertiary/aromatic N) is 3. The number of ether oxygens (including phenoxy) is 1. The summed E-state index contributed by atoms with van der Waals surface area (Å²) < 4.78 is 5.14. The van der Waals surface area contributed by atoms with Crippen LogP contribution in [0.25, 0.3) is 0 Å². The van der Waals surface area contributed by atoms with Gasteiger partial charge in [-0.3, -0.25) is 9.89 Å². The zero-order valence-corrected chi connectivity index (χ0v) is 11.1. The molecule has 7 heteroatoms. The second kappa shape index (κ2) is 5.84. The Kier molecular flexibility index (Phi) is 3.96. The number of H-pyrrole nitrogens is 1. The molecule has 0 unspecified atom stereocenters. The molecule has 20 heavy (non-hydrogen) atoms. The third-order valence-corrected chi connectivity index (χ3v) is 2.65. The summed E-state index contributed by atoms with van der Waals surface area (Å²) in [4.78, 5) is 16.0. The number of methoxy groups -OCH3 is 1. The largest absolute Gasteiger partial charge is 0.495 e. The summed E-state index contributed by atoms with van der Waals surface area (Å²) in [5.41, 5.74) is 0.908. The van der Waals surface area contributed by atoms with Gasteiger partial charge in [-0.2, -0.15) is 5.26 Å². The Balaban J connectivity index is 2.21. The van der Waals surface area contributed by atoms with Gasteiger partial charge < -0.3 is 10.1 Å². The van der Waals surface area contributed by atoms with E-state index in [1.54, 1.807) is 18.2 Å². The number of hydrogen-bond acceptors (Lipinski definition) is 5. The molecule has 1 aromatic carbocycles. The van der Waals surface area contributed by atoms with E-state index >= 15 is 0 Å². The van der Waals surface area contributed by atoms with Crippen molar-refractivity contribution in [1.29, 1.82) is 5.26 Å². The van der Waals surface area contributed by atoms with Crippen LogP contribution in [0, 0.1) is 11.3 Å². The molecule has 0 saturated carbocycles. The molecule has 0 radical (unpaired) electrons. The second-order valence-corrected chi connectivity index (χ2v) is 3.94. The lowest BCUT2D eigenvalue weighted by Gasteiger charge is -2.08. The van der Waals surface area contributed by atoms with Gasteiger partial charge in [0.1, 0.15) is 11.6 Å². The van der Waals surface area contributed by atoms with Crippen molar-refractivity contribution in [3.63, 3.8) is 0 Å². The van der Waals surface area contributed by atoms with Crippen molar-refractivity contribution >= 4 is 11.6 Å². The standard InChI is InChI=1S/C13H13N5O2/c1-3-11-16-12(18-17-11)13(19)15-9-5-4-8(7-14)6-10(9)20-2/h4-6H,3H2,1-2H3,(H,15,19)(H,16,17,18). The Labute approximate surface area is 115 Å². The Hall–Kier alpha value is -2.88. The SMILES string of the molecule is CCc1nc(C(=O)Nc2ccc(C#N)cc2OC)n[nH]1. The van der Waals surface area contributed by atoms with Gasteiger partial charge in [-0.05, 0) is 12.1 Å². The van der Waals surface area contributed by atoms with Crippen LogP contribution in [-0.4, -0.2) is 28.2 Å². The fourth-order valence-electron chi connectivity index (χ4n) is 1.60. The van der Waals surface area contributed by atoms with Crippen molar-refractivity contribution < 1.29 is 9.53 Å². The number of aryl methyl sites for hydroxylation is 1. The van der Waals surface area contributed by atoms with E-state index in [2.05, 4.69) is 20.5 Å². The molecule has 2 aromatic rings. The molecule has 0 atom stereocenters. The molecule has 0 spiro atoms. The monoisotopic (exact) mass is 271 g/mol. The topological polar surface area (TPSA) is 104 Å². The lowest BCUT2D eigenvalue weighted by atomic mass is 10.2. The maximum atomic E-state index is 12.0. The molecule has 0 saturated heterocycles. The first kappa shape index (κ1) is 13.5. The molecule has 0 bridgehead atoms. The van der Waals surface area contributed by atoms with Crippen LogP contribution in [0.4, 0.5) is 5.69 Å². The van der Waals surface area contributed by atoms with Crippen LogP contribution in [-0.2, 0) is 6.42 Å². The number of carbonyl (C=O) groups is 1. The molecule has 1 amide bonds. The van der Waals surface area contributed by atoms with Gasteiger partial charge in [-0.15, -0.1) is 5.10 Å². The number of carbonyl (C=O) groups excluding carboxylic acids is 1. The highest BCUT2D eigenvalue weighted by molar-refractivity contribution is 6.02. The van der Waals surface area contributed by atoms with Crippen LogP contribution in [0.15, 0.2) is 18.2 Å². The molecule has 0 fully saturated rings. The van der Waals surface area contributed by atoms with E-state index in [1.165, 1.54) is 7.11 Å². The molecule has 2 rings (SSSR count). The fourth-order valence-corrected chi connectivity index (χ4v) is 1.60. The van der Waals surface area contributed by atoms with Crippen LogP contribution in [0.5, 0.6) is 5.75 Å². The molecule has 0 aliphatic heterocycles. The molecular weight excluding hydrogens is 258 g/mol. The quantitative estimate of drug-likeness (QED) is 0.876. The smallest absolute Gasteiger partial charge is 0.295 e. The van der Waals surface area contributed by atoms with Crippen LogP contribution >= 0.6 is 0 Å². The first-order valence-electron chi connectivity index (χ1n) is 5.98. The number of aromatic amines is 1. The normalized spacial score (nSPS) is 9.85. The van der Waals surface area contributed by atoms with E-state index in [0.717, 1.165) is 0 Å². The third kappa shape index (κ3) is 2.75. The van der Waals surface area contributed by atoms with Gasteiger partial charge in [0.25, 0.3) is 5.91 Å². The number of hydrogen-bond donors (Lipinski definition) is 2. The van der Waals surface area contributed by atoms with Crippen LogP contribution in [0.3, 0.4) is 0 Å². The number of nitriles is 1.